The van der Waals surface area contributed by atoms with Gasteiger partial charge in [-0.15, -0.1) is 0 Å². The van der Waals surface area contributed by atoms with E-state index in [1.807, 2.05) is 38.1 Å². The van der Waals surface area contributed by atoms with Crippen molar-refractivity contribution < 1.29 is 23.1 Å². The molecule has 0 spiro atoms. The Morgan fingerprint density at radius 2 is 1.77 bits per heavy atom. The molecule has 0 fully saturated rings. The van der Waals surface area contributed by atoms with Crippen LogP contribution < -0.4 is 11.2 Å². The minimum Gasteiger partial charge on any atom is -0.475 e. The molecule has 168 valence electrons. The van der Waals surface area contributed by atoms with Gasteiger partial charge >= 0.3 is 17.8 Å². The van der Waals surface area contributed by atoms with Crippen molar-refractivity contribution in [3.8, 4) is 0 Å². The van der Waals surface area contributed by atoms with Crippen LogP contribution in [0.5, 0.6) is 0 Å². The van der Waals surface area contributed by atoms with E-state index in [2.05, 4.69) is 25.9 Å². The first-order valence-corrected chi connectivity index (χ1v) is 9.83. The van der Waals surface area contributed by atoms with Gasteiger partial charge in [-0.3, -0.25) is 13.9 Å². The Morgan fingerprint density at radius 3 is 2.26 bits per heavy atom. The lowest BCUT2D eigenvalue weighted by Gasteiger charge is -2.10. The normalized spacial score (nSPS) is 11.5. The minimum absolute atomic E-state index is 0.273. The van der Waals surface area contributed by atoms with Gasteiger partial charge in [-0.05, 0) is 23.6 Å². The average Bonchev–Trinajstić information content (AvgIpc) is 3.08. The Kier molecular flexibility index (Phi) is 7.47. The molecule has 2 aromatic heterocycles. The fourth-order valence-electron chi connectivity index (χ4n) is 2.69. The van der Waals surface area contributed by atoms with E-state index in [4.69, 9.17) is 9.90 Å². The van der Waals surface area contributed by atoms with Gasteiger partial charge in [-0.2, -0.15) is 13.2 Å². The van der Waals surface area contributed by atoms with Gasteiger partial charge in [0.25, 0.3) is 5.56 Å². The summed E-state index contributed by atoms with van der Waals surface area (Å²) in [6, 6.07) is 7.92. The zero-order valence-electron chi connectivity index (χ0n) is 16.8. The van der Waals surface area contributed by atoms with Crippen LogP contribution in [0.25, 0.3) is 11.2 Å². The number of rotatable bonds is 4. The molecular weight excluding hydrogens is 485 g/mol. The smallest absolute Gasteiger partial charge is 0.475 e. The number of carboxylic acids is 1. The fraction of sp³-hybridized carbons (Fsp3) is 0.368. The Morgan fingerprint density at radius 1 is 1.23 bits per heavy atom. The highest BCUT2D eigenvalue weighted by atomic mass is 79.9. The molecule has 3 rings (SSSR count). The molecule has 0 amide bonds. The number of nitrogens with one attached hydrogen (secondary N) is 1. The molecule has 0 radical (unpaired) electrons. The van der Waals surface area contributed by atoms with Crippen molar-refractivity contribution in [2.45, 2.75) is 33.0 Å². The second-order valence-corrected chi connectivity index (χ2v) is 8.06. The fourth-order valence-corrected chi connectivity index (χ4v) is 2.96. The summed E-state index contributed by atoms with van der Waals surface area (Å²) in [4.78, 5) is 41.3. The second kappa shape index (κ2) is 9.50. The van der Waals surface area contributed by atoms with Crippen LogP contribution in [0, 0.1) is 5.92 Å². The van der Waals surface area contributed by atoms with Gasteiger partial charge in [0.05, 0.1) is 0 Å². The van der Waals surface area contributed by atoms with Crippen molar-refractivity contribution in [1.82, 2.24) is 19.1 Å². The first kappa shape index (κ1) is 24.4. The number of aliphatic carboxylic acids is 1. The van der Waals surface area contributed by atoms with Crippen LogP contribution in [0.2, 0.25) is 0 Å². The van der Waals surface area contributed by atoms with Crippen molar-refractivity contribution in [3.63, 3.8) is 0 Å². The predicted molar refractivity (Wildman–Crippen MR) is 111 cm³/mol. The summed E-state index contributed by atoms with van der Waals surface area (Å²) in [5.74, 6) is -1.81. The Balaban J connectivity index is 0.000000423. The molecule has 3 aromatic rings. The summed E-state index contributed by atoms with van der Waals surface area (Å²) in [6.07, 6.45) is -4.51. The van der Waals surface area contributed by atoms with E-state index in [1.165, 1.54) is 7.05 Å². The van der Waals surface area contributed by atoms with Gasteiger partial charge < -0.3 is 10.1 Å². The van der Waals surface area contributed by atoms with Crippen molar-refractivity contribution in [2.24, 2.45) is 13.0 Å². The monoisotopic (exact) mass is 504 g/mol. The molecule has 0 unspecified atom stereocenters. The molecule has 2 N–H and O–H groups in total. The van der Waals surface area contributed by atoms with E-state index in [-0.39, 0.29) is 17.2 Å². The predicted octanol–water partition coefficient (Wildman–Crippen LogP) is 3.07. The molecule has 1 aromatic carbocycles. The summed E-state index contributed by atoms with van der Waals surface area (Å²) in [7, 11) is 1.50. The molecule has 8 nitrogen and oxygen atoms in total. The summed E-state index contributed by atoms with van der Waals surface area (Å²) in [6.45, 7) is 4.57. The zero-order chi connectivity index (χ0) is 23.5. The van der Waals surface area contributed by atoms with E-state index in [0.29, 0.717) is 30.0 Å². The number of H-pyrrole nitrogens is 1. The quantitative estimate of drug-likeness (QED) is 0.567. The van der Waals surface area contributed by atoms with Crippen LogP contribution in [0.15, 0.2) is 38.3 Å². The highest BCUT2D eigenvalue weighted by molar-refractivity contribution is 9.10. The lowest BCUT2D eigenvalue weighted by molar-refractivity contribution is -0.192. The third kappa shape index (κ3) is 6.06. The van der Waals surface area contributed by atoms with Crippen LogP contribution in [0.3, 0.4) is 0 Å². The minimum atomic E-state index is -5.08. The van der Waals surface area contributed by atoms with Gasteiger partial charge in [-0.25, -0.2) is 14.6 Å². The van der Waals surface area contributed by atoms with Gasteiger partial charge in [-0.1, -0.05) is 41.9 Å². The molecule has 0 bridgehead atoms. The van der Waals surface area contributed by atoms with E-state index in [9.17, 15) is 22.8 Å². The summed E-state index contributed by atoms with van der Waals surface area (Å²) in [5.41, 5.74) is 1.22. The topological polar surface area (TPSA) is 110 Å². The Bertz CT molecular complexity index is 1190. The van der Waals surface area contributed by atoms with E-state index >= 15 is 0 Å². The van der Waals surface area contributed by atoms with Gasteiger partial charge in [0, 0.05) is 24.5 Å². The highest BCUT2D eigenvalue weighted by Crippen LogP contribution is 2.15. The average molecular weight is 505 g/mol. The van der Waals surface area contributed by atoms with Crippen molar-refractivity contribution in [1.29, 1.82) is 0 Å². The number of nitrogens with zero attached hydrogens (tertiary/aromatic N) is 3. The number of hydrogen-bond donors (Lipinski definition) is 2. The largest absolute Gasteiger partial charge is 0.490 e. The molecule has 12 heteroatoms. The number of benzene rings is 1. The maximum absolute atomic E-state index is 12.4. The first-order valence-electron chi connectivity index (χ1n) is 9.04. The number of hydrogen-bond acceptors (Lipinski definition) is 4. The Labute approximate surface area is 182 Å². The molecule has 0 saturated heterocycles. The number of imidazole rings is 1. The van der Waals surface area contributed by atoms with E-state index in [1.54, 1.807) is 4.57 Å². The second-order valence-electron chi connectivity index (χ2n) is 7.14. The van der Waals surface area contributed by atoms with E-state index < -0.39 is 12.1 Å². The molecule has 0 saturated carbocycles. The number of aromatic nitrogens is 4. The number of halogens is 4. The van der Waals surface area contributed by atoms with Crippen molar-refractivity contribution >= 4 is 33.1 Å². The van der Waals surface area contributed by atoms with Crippen LogP contribution >= 0.6 is 15.9 Å². The molecule has 0 atom stereocenters. The molecule has 2 heterocycles. The van der Waals surface area contributed by atoms with Crippen LogP contribution in [0.1, 0.15) is 25.2 Å². The highest BCUT2D eigenvalue weighted by Gasteiger charge is 2.38. The number of alkyl halides is 3. The lowest BCUT2D eigenvalue weighted by Crippen LogP contribution is -2.38. The number of fused-ring (bicyclic) bond motifs is 1. The molecule has 31 heavy (non-hydrogen) atoms. The molecule has 0 aliphatic heterocycles. The number of aromatic amines is 1. The van der Waals surface area contributed by atoms with Crippen molar-refractivity contribution in [3.05, 3.63) is 61.0 Å². The van der Waals surface area contributed by atoms with E-state index in [0.717, 1.165) is 14.6 Å². The SMILES string of the molecule is CC(C)Cn1c(=O)n(C)c(=O)c2[nH]c(Cc3ccc(Br)cc3)nc21.O=C(O)C(F)(F)F. The molecule has 0 aliphatic carbocycles. The third-order valence-corrected chi connectivity index (χ3v) is 4.63. The maximum atomic E-state index is 12.4. The van der Waals surface area contributed by atoms with Crippen molar-refractivity contribution in [2.75, 3.05) is 0 Å². The van der Waals surface area contributed by atoms with Crippen LogP contribution in [0.4, 0.5) is 13.2 Å². The van der Waals surface area contributed by atoms with Gasteiger partial charge in [0.1, 0.15) is 11.3 Å². The zero-order valence-corrected chi connectivity index (χ0v) is 18.4. The maximum Gasteiger partial charge on any atom is 0.490 e. The summed E-state index contributed by atoms with van der Waals surface area (Å²) >= 11 is 3.41. The lowest BCUT2D eigenvalue weighted by atomic mass is 10.1. The van der Waals surface area contributed by atoms with Crippen LogP contribution in [-0.2, 0) is 24.8 Å². The number of carboxylic acid groups (broad SMARTS) is 1. The summed E-state index contributed by atoms with van der Waals surface area (Å²) in [5, 5.41) is 7.12. The summed E-state index contributed by atoms with van der Waals surface area (Å²) < 4.78 is 35.4. The standard InChI is InChI=1S/C17H19BrN4O2.C2HF3O2/c1-10(2)9-22-15-14(16(23)21(3)17(22)24)19-13(20-15)8-11-4-6-12(18)7-5-11;3-2(4,5)1(6)7/h4-7,10H,8-9H2,1-3H3,(H,19,20);(H,6,7). The van der Waals surface area contributed by atoms with Gasteiger partial charge in [0.15, 0.2) is 5.65 Å². The Hall–Kier alpha value is -2.89. The number of carbonyl (C=O) groups is 1. The van der Waals surface area contributed by atoms with Gasteiger partial charge in [0.2, 0.25) is 0 Å². The first-order chi connectivity index (χ1) is 14.3. The molecule has 0 aliphatic rings. The molecular formula is C19H20BrF3N4O4. The van der Waals surface area contributed by atoms with Crippen LogP contribution in [-0.4, -0.2) is 36.4 Å². The third-order valence-electron chi connectivity index (χ3n) is 4.10.